The number of piperidine rings is 1. The second-order valence-electron chi connectivity index (χ2n) is 10.3. The average Bonchev–Trinajstić information content (AvgIpc) is 3.45. The summed E-state index contributed by atoms with van der Waals surface area (Å²) in [5.41, 5.74) is 3.50. The molecule has 0 radical (unpaired) electrons. The molecular weight excluding hydrogens is 478 g/mol. The van der Waals surface area contributed by atoms with Crippen LogP contribution in [0.2, 0.25) is 0 Å². The number of aryl methyl sites for hydroxylation is 1. The van der Waals surface area contributed by atoms with Gasteiger partial charge in [-0.1, -0.05) is 6.07 Å². The van der Waals surface area contributed by atoms with Crippen LogP contribution in [0.15, 0.2) is 67.4 Å². The van der Waals surface area contributed by atoms with Crippen molar-refractivity contribution in [2.24, 2.45) is 0 Å². The molecule has 2 bridgehead atoms. The lowest BCUT2D eigenvalue weighted by Gasteiger charge is -2.36. The molecule has 38 heavy (non-hydrogen) atoms. The molecule has 5 heterocycles. The van der Waals surface area contributed by atoms with Crippen molar-refractivity contribution in [2.75, 3.05) is 12.4 Å². The van der Waals surface area contributed by atoms with Crippen molar-refractivity contribution in [1.29, 1.82) is 0 Å². The molecule has 2 aliphatic rings. The highest BCUT2D eigenvalue weighted by Crippen LogP contribution is 2.39. The minimum atomic E-state index is 0.206. The fraction of sp³-hybridized carbons (Fsp3) is 0.310. The van der Waals surface area contributed by atoms with Crippen LogP contribution >= 0.6 is 0 Å². The smallest absolute Gasteiger partial charge is 0.158 e. The lowest BCUT2D eigenvalue weighted by molar-refractivity contribution is 0.0671. The maximum atomic E-state index is 6.63. The molecule has 0 amide bonds. The van der Waals surface area contributed by atoms with E-state index in [9.17, 15) is 0 Å². The van der Waals surface area contributed by atoms with Gasteiger partial charge in [0.15, 0.2) is 5.65 Å². The quantitative estimate of drug-likeness (QED) is 0.321. The molecule has 0 aliphatic carbocycles. The fourth-order valence-electron chi connectivity index (χ4n) is 5.87. The number of nitrogens with zero attached hydrogens (tertiary/aromatic N) is 6. The standard InChI is InChI=1S/C29H29N7O2/c1-18-12-19(6-9-25(18)37-22-10-11-36-27(15-22)31-17-33-36)34-29-28-24(30-16-32-29)4-3-5-26(28)38-23-13-20-7-8-21(14-23)35(20)2/h3-6,9-12,15-17,20-21,23H,7-8,13-14H2,1-2H3,(H,30,32,34)/t20-,21+,23+. The maximum absolute atomic E-state index is 6.63. The van der Waals surface area contributed by atoms with E-state index in [4.69, 9.17) is 9.47 Å². The van der Waals surface area contributed by atoms with Gasteiger partial charge < -0.3 is 19.7 Å². The first-order chi connectivity index (χ1) is 18.6. The van der Waals surface area contributed by atoms with Crippen LogP contribution in [0, 0.1) is 6.92 Å². The molecule has 7 rings (SSSR count). The molecule has 2 fully saturated rings. The predicted octanol–water partition coefficient (Wildman–Crippen LogP) is 5.52. The summed E-state index contributed by atoms with van der Waals surface area (Å²) in [6, 6.07) is 17.0. The van der Waals surface area contributed by atoms with Crippen molar-refractivity contribution < 1.29 is 9.47 Å². The molecule has 192 valence electrons. The summed E-state index contributed by atoms with van der Waals surface area (Å²) in [5.74, 6) is 3.04. The molecule has 9 heteroatoms. The summed E-state index contributed by atoms with van der Waals surface area (Å²) in [6.45, 7) is 2.02. The molecule has 2 aliphatic heterocycles. The molecule has 0 saturated carbocycles. The van der Waals surface area contributed by atoms with Crippen LogP contribution in [-0.2, 0) is 0 Å². The van der Waals surface area contributed by atoms with Gasteiger partial charge in [0.05, 0.1) is 10.9 Å². The second-order valence-corrected chi connectivity index (χ2v) is 10.3. The highest BCUT2D eigenvalue weighted by atomic mass is 16.5. The first-order valence-electron chi connectivity index (χ1n) is 13.1. The molecule has 0 unspecified atom stereocenters. The number of hydrogen-bond donors (Lipinski definition) is 1. The van der Waals surface area contributed by atoms with Gasteiger partial charge in [-0.25, -0.2) is 19.5 Å². The molecule has 2 aromatic carbocycles. The van der Waals surface area contributed by atoms with E-state index in [1.54, 1.807) is 10.8 Å². The Bertz CT molecular complexity index is 1620. The summed E-state index contributed by atoms with van der Waals surface area (Å²) >= 11 is 0. The van der Waals surface area contributed by atoms with E-state index in [-0.39, 0.29) is 6.10 Å². The van der Waals surface area contributed by atoms with Crippen LogP contribution in [0.25, 0.3) is 16.6 Å². The van der Waals surface area contributed by atoms with Crippen LogP contribution in [0.3, 0.4) is 0 Å². The number of nitrogens with one attached hydrogen (secondary N) is 1. The van der Waals surface area contributed by atoms with Gasteiger partial charge in [-0.3, -0.25) is 0 Å². The fourth-order valence-corrected chi connectivity index (χ4v) is 5.87. The Hall–Kier alpha value is -4.24. The number of rotatable bonds is 6. The Morgan fingerprint density at radius 2 is 1.79 bits per heavy atom. The lowest BCUT2D eigenvalue weighted by Crippen LogP contribution is -2.43. The molecule has 5 aromatic rings. The number of pyridine rings is 1. The van der Waals surface area contributed by atoms with Crippen molar-refractivity contribution in [3.05, 3.63) is 72.9 Å². The van der Waals surface area contributed by atoms with Crippen molar-refractivity contribution in [3.8, 4) is 17.2 Å². The first kappa shape index (κ1) is 22.9. The largest absolute Gasteiger partial charge is 0.489 e. The Kier molecular flexibility index (Phi) is 5.58. The topological polar surface area (TPSA) is 89.7 Å². The van der Waals surface area contributed by atoms with E-state index in [2.05, 4.69) is 43.4 Å². The molecule has 3 aromatic heterocycles. The van der Waals surface area contributed by atoms with Gasteiger partial charge in [-0.05, 0) is 81.6 Å². The van der Waals surface area contributed by atoms with Crippen molar-refractivity contribution in [1.82, 2.24) is 29.5 Å². The van der Waals surface area contributed by atoms with Gasteiger partial charge in [-0.2, -0.15) is 5.10 Å². The van der Waals surface area contributed by atoms with E-state index in [0.29, 0.717) is 17.8 Å². The van der Waals surface area contributed by atoms with Gasteiger partial charge in [0.1, 0.15) is 41.8 Å². The second kappa shape index (κ2) is 9.25. The monoisotopic (exact) mass is 507 g/mol. The van der Waals surface area contributed by atoms with Crippen molar-refractivity contribution in [3.63, 3.8) is 0 Å². The molecule has 0 spiro atoms. The normalized spacial score (nSPS) is 21.2. The van der Waals surface area contributed by atoms with Gasteiger partial charge in [0.25, 0.3) is 0 Å². The van der Waals surface area contributed by atoms with Gasteiger partial charge >= 0.3 is 0 Å². The summed E-state index contributed by atoms with van der Waals surface area (Å²) in [5, 5.41) is 8.53. The van der Waals surface area contributed by atoms with Crippen molar-refractivity contribution in [2.45, 2.75) is 50.8 Å². The first-order valence-corrected chi connectivity index (χ1v) is 13.1. The molecule has 9 nitrogen and oxygen atoms in total. The van der Waals surface area contributed by atoms with Crippen molar-refractivity contribution >= 4 is 28.1 Å². The zero-order chi connectivity index (χ0) is 25.6. The minimum Gasteiger partial charge on any atom is -0.489 e. The lowest BCUT2D eigenvalue weighted by atomic mass is 10.0. The van der Waals surface area contributed by atoms with Gasteiger partial charge in [-0.15, -0.1) is 0 Å². The van der Waals surface area contributed by atoms with Crippen LogP contribution in [0.5, 0.6) is 17.2 Å². The third kappa shape index (κ3) is 4.18. The number of benzene rings is 2. The molecule has 3 atom stereocenters. The third-order valence-corrected chi connectivity index (χ3v) is 7.89. The average molecular weight is 508 g/mol. The van der Waals surface area contributed by atoms with Gasteiger partial charge in [0, 0.05) is 30.0 Å². The predicted molar refractivity (Wildman–Crippen MR) is 145 cm³/mol. The molecule has 2 saturated heterocycles. The van der Waals surface area contributed by atoms with Crippen LogP contribution in [-0.4, -0.2) is 54.7 Å². The third-order valence-electron chi connectivity index (χ3n) is 7.89. The van der Waals surface area contributed by atoms with E-state index in [1.807, 2.05) is 55.6 Å². The SMILES string of the molecule is Cc1cc(Nc2ncnc3cccc(O[C@H]4C[C@H]5CC[C@@H](C4)N5C)c23)ccc1Oc1ccn2ncnc2c1. The number of hydrogen-bond acceptors (Lipinski definition) is 8. The summed E-state index contributed by atoms with van der Waals surface area (Å²) in [6.07, 6.45) is 9.80. The highest BCUT2D eigenvalue weighted by Gasteiger charge is 2.39. The summed E-state index contributed by atoms with van der Waals surface area (Å²) < 4.78 is 14.5. The van der Waals surface area contributed by atoms with E-state index in [0.717, 1.165) is 58.0 Å². The molecular formula is C29H29N7O2. The van der Waals surface area contributed by atoms with Crippen LogP contribution in [0.4, 0.5) is 11.5 Å². The van der Waals surface area contributed by atoms with E-state index < -0.39 is 0 Å². The number of aromatic nitrogens is 5. The maximum Gasteiger partial charge on any atom is 0.158 e. The Balaban J connectivity index is 1.14. The zero-order valence-corrected chi connectivity index (χ0v) is 21.4. The summed E-state index contributed by atoms with van der Waals surface area (Å²) in [4.78, 5) is 15.9. The van der Waals surface area contributed by atoms with Crippen LogP contribution < -0.4 is 14.8 Å². The van der Waals surface area contributed by atoms with E-state index >= 15 is 0 Å². The molecule has 1 N–H and O–H groups in total. The Morgan fingerprint density at radius 1 is 0.921 bits per heavy atom. The van der Waals surface area contributed by atoms with Crippen LogP contribution in [0.1, 0.15) is 31.2 Å². The number of ether oxygens (including phenoxy) is 2. The zero-order valence-electron chi connectivity index (χ0n) is 21.4. The summed E-state index contributed by atoms with van der Waals surface area (Å²) in [7, 11) is 2.25. The van der Waals surface area contributed by atoms with E-state index in [1.165, 1.54) is 19.2 Å². The number of anilines is 2. The Morgan fingerprint density at radius 3 is 2.63 bits per heavy atom. The highest BCUT2D eigenvalue weighted by molar-refractivity contribution is 5.95. The minimum absolute atomic E-state index is 0.206. The number of fused-ring (bicyclic) bond motifs is 4. The Labute approximate surface area is 220 Å². The van der Waals surface area contributed by atoms with Gasteiger partial charge in [0.2, 0.25) is 0 Å².